The van der Waals surface area contributed by atoms with Crippen LogP contribution in [0.3, 0.4) is 0 Å². The first kappa shape index (κ1) is 21.7. The first-order chi connectivity index (χ1) is 13.1. The van der Waals surface area contributed by atoms with Crippen LogP contribution >= 0.6 is 0 Å². The molecule has 2 heterocycles. The summed E-state index contributed by atoms with van der Waals surface area (Å²) in [5.41, 5.74) is 1.17. The highest BCUT2D eigenvalue weighted by Gasteiger charge is 2.29. The zero-order chi connectivity index (χ0) is 20.9. The molecule has 11 heteroatoms. The van der Waals surface area contributed by atoms with Crippen molar-refractivity contribution in [3.8, 4) is 5.69 Å². The van der Waals surface area contributed by atoms with Crippen LogP contribution < -0.4 is 4.90 Å². The lowest BCUT2D eigenvalue weighted by molar-refractivity contribution is -0.129. The smallest absolute Gasteiger partial charge is 0.304 e. The predicted octanol–water partition coefficient (Wildman–Crippen LogP) is 2.65. The first-order valence-electron chi connectivity index (χ1n) is 8.40. The van der Waals surface area contributed by atoms with Gasteiger partial charge in [0, 0.05) is 29.3 Å². The van der Waals surface area contributed by atoms with Crippen molar-refractivity contribution in [2.75, 3.05) is 23.0 Å². The van der Waals surface area contributed by atoms with Crippen LogP contribution in [0.15, 0.2) is 30.7 Å². The fourth-order valence-electron chi connectivity index (χ4n) is 2.45. The minimum atomic E-state index is -4.42. The van der Waals surface area contributed by atoms with E-state index in [2.05, 4.69) is 10.1 Å². The van der Waals surface area contributed by atoms with Crippen molar-refractivity contribution in [1.82, 2.24) is 14.8 Å². The molecule has 7 nitrogen and oxygen atoms in total. The van der Waals surface area contributed by atoms with Gasteiger partial charge in [0.15, 0.2) is 0 Å². The van der Waals surface area contributed by atoms with Gasteiger partial charge in [-0.1, -0.05) is 0 Å². The Morgan fingerprint density at radius 2 is 2.11 bits per heavy atom. The van der Waals surface area contributed by atoms with Crippen molar-refractivity contribution in [2.45, 2.75) is 26.4 Å². The van der Waals surface area contributed by atoms with Gasteiger partial charge >= 0.3 is 6.18 Å². The maximum atomic E-state index is 12.6. The number of aryl methyl sites for hydroxylation is 1. The van der Waals surface area contributed by atoms with E-state index >= 15 is 0 Å². The van der Waals surface area contributed by atoms with Crippen molar-refractivity contribution in [2.24, 2.45) is 0 Å². The molecule has 152 valence electrons. The zero-order valence-electron chi connectivity index (χ0n) is 15.4. The molecule has 0 bridgehead atoms. The van der Waals surface area contributed by atoms with Gasteiger partial charge in [0.1, 0.15) is 5.71 Å². The average molecular weight is 415 g/mol. The Bertz CT molecular complexity index is 867. The fraction of sp³-hybridized carbons (Fsp3) is 0.412. The molecule has 2 aromatic rings. The van der Waals surface area contributed by atoms with E-state index in [1.54, 1.807) is 49.3 Å². The molecule has 2 aromatic heterocycles. The number of rotatable bonds is 8. The number of nitrogens with one attached hydrogen (secondary N) is 1. The first-order valence-corrected chi connectivity index (χ1v) is 9.89. The van der Waals surface area contributed by atoms with Gasteiger partial charge in [-0.15, -0.1) is 0 Å². The molecule has 1 unspecified atom stereocenters. The number of aromatic nitrogens is 3. The van der Waals surface area contributed by atoms with E-state index in [0.717, 1.165) is 0 Å². The Balaban J connectivity index is 2.12. The quantitative estimate of drug-likeness (QED) is 0.671. The van der Waals surface area contributed by atoms with Crippen LogP contribution in [0.25, 0.3) is 5.69 Å². The van der Waals surface area contributed by atoms with Crippen LogP contribution in [0, 0.1) is 12.3 Å². The van der Waals surface area contributed by atoms with Gasteiger partial charge in [-0.2, -0.15) is 18.3 Å². The van der Waals surface area contributed by atoms with E-state index in [0.29, 0.717) is 17.1 Å². The number of carbonyl (C=O) groups excluding carboxylic acids is 1. The molecular formula is C17H20F3N5O2S. The molecule has 0 saturated heterocycles. The summed E-state index contributed by atoms with van der Waals surface area (Å²) in [6, 6.07) is 3.52. The molecule has 1 N–H and O–H groups in total. The number of alkyl halides is 3. The third-order valence-electron chi connectivity index (χ3n) is 3.81. The van der Waals surface area contributed by atoms with E-state index < -0.39 is 46.5 Å². The molecular weight excluding hydrogens is 395 g/mol. The minimum absolute atomic E-state index is 0.218. The second-order valence-corrected chi connectivity index (χ2v) is 7.51. The van der Waals surface area contributed by atoms with Crippen molar-refractivity contribution < 1.29 is 22.2 Å². The van der Waals surface area contributed by atoms with Gasteiger partial charge < -0.3 is 4.90 Å². The van der Waals surface area contributed by atoms with Gasteiger partial charge in [0.2, 0.25) is 0 Å². The molecule has 0 aliphatic rings. The summed E-state index contributed by atoms with van der Waals surface area (Å²) < 4.78 is 50.0. The number of nitrogens with zero attached hydrogens (tertiary/aromatic N) is 4. The molecule has 0 aliphatic carbocycles. The summed E-state index contributed by atoms with van der Waals surface area (Å²) in [5.74, 6) is -1.87. The third-order valence-corrected chi connectivity index (χ3v) is 5.08. The maximum absolute atomic E-state index is 12.6. The molecule has 1 amide bonds. The van der Waals surface area contributed by atoms with Gasteiger partial charge in [-0.05, 0) is 26.0 Å². The monoisotopic (exact) mass is 415 g/mol. The number of hydrogen-bond donors (Lipinski definition) is 1. The SMILES string of the molecule is CCN(C(=O)C(=N)CS(=O)CCC(F)(F)F)c1cn(-c2cccnc2)nc1C. The van der Waals surface area contributed by atoms with Gasteiger partial charge in [-0.25, -0.2) is 4.68 Å². The van der Waals surface area contributed by atoms with Crippen LogP contribution in [0.1, 0.15) is 19.0 Å². The number of carbonyl (C=O) groups is 1. The lowest BCUT2D eigenvalue weighted by Crippen LogP contribution is -2.38. The summed E-state index contributed by atoms with van der Waals surface area (Å²) in [4.78, 5) is 17.9. The number of pyridine rings is 1. The summed E-state index contributed by atoms with van der Waals surface area (Å²) in [5, 5.41) is 12.2. The second kappa shape index (κ2) is 9.09. The van der Waals surface area contributed by atoms with Crippen LogP contribution in [0.5, 0.6) is 0 Å². The molecule has 0 spiro atoms. The summed E-state index contributed by atoms with van der Waals surface area (Å²) in [6.45, 7) is 3.62. The topological polar surface area (TPSA) is 91.9 Å². The Hall–Kier alpha value is -2.56. The Labute approximate surface area is 162 Å². The van der Waals surface area contributed by atoms with Gasteiger partial charge in [0.05, 0.1) is 41.6 Å². The van der Waals surface area contributed by atoms with Crippen molar-refractivity contribution in [3.05, 3.63) is 36.4 Å². The number of anilines is 1. The predicted molar refractivity (Wildman–Crippen MR) is 100 cm³/mol. The normalized spacial score (nSPS) is 12.6. The molecule has 1 atom stereocenters. The maximum Gasteiger partial charge on any atom is 0.390 e. The Morgan fingerprint density at radius 1 is 1.39 bits per heavy atom. The third kappa shape index (κ3) is 5.72. The van der Waals surface area contributed by atoms with Crippen LogP contribution in [-0.4, -0.2) is 54.8 Å². The Kier molecular flexibility index (Phi) is 7.05. The molecule has 0 fully saturated rings. The number of halogens is 3. The zero-order valence-corrected chi connectivity index (χ0v) is 16.2. The van der Waals surface area contributed by atoms with E-state index in [1.807, 2.05) is 0 Å². The highest BCUT2D eigenvalue weighted by Crippen LogP contribution is 2.22. The highest BCUT2D eigenvalue weighted by molar-refractivity contribution is 7.85. The van der Waals surface area contributed by atoms with Crippen LogP contribution in [0.4, 0.5) is 18.9 Å². The summed E-state index contributed by atoms with van der Waals surface area (Å²) in [6.07, 6.45) is -0.810. The van der Waals surface area contributed by atoms with Crippen LogP contribution in [0.2, 0.25) is 0 Å². The highest BCUT2D eigenvalue weighted by atomic mass is 32.2. The van der Waals surface area contributed by atoms with Gasteiger partial charge in [-0.3, -0.25) is 19.4 Å². The number of amides is 1. The van der Waals surface area contributed by atoms with E-state index in [9.17, 15) is 22.2 Å². The molecule has 0 radical (unpaired) electrons. The van der Waals surface area contributed by atoms with Crippen molar-refractivity contribution in [3.63, 3.8) is 0 Å². The van der Waals surface area contributed by atoms with E-state index in [4.69, 9.17) is 5.41 Å². The van der Waals surface area contributed by atoms with E-state index in [1.165, 1.54) is 4.90 Å². The molecule has 0 aromatic carbocycles. The van der Waals surface area contributed by atoms with Gasteiger partial charge in [0.25, 0.3) is 5.91 Å². The van der Waals surface area contributed by atoms with Crippen LogP contribution in [-0.2, 0) is 15.6 Å². The summed E-state index contributed by atoms with van der Waals surface area (Å²) >= 11 is 0. The standard InChI is InChI=1S/C17H20F3N5O2S/c1-3-24(16(26)14(21)11-28(27)8-6-17(18,19)20)15-10-25(23-12(15)2)13-5-4-7-22-9-13/h4-5,7,9-10,21H,3,6,8,11H2,1-2H3. The molecule has 28 heavy (non-hydrogen) atoms. The molecule has 0 saturated carbocycles. The molecule has 0 aliphatic heterocycles. The number of hydrogen-bond acceptors (Lipinski definition) is 5. The Morgan fingerprint density at radius 3 is 2.68 bits per heavy atom. The van der Waals surface area contributed by atoms with E-state index in [-0.39, 0.29) is 6.54 Å². The largest absolute Gasteiger partial charge is 0.390 e. The second-order valence-electron chi connectivity index (χ2n) is 5.94. The lowest BCUT2D eigenvalue weighted by Gasteiger charge is -2.20. The average Bonchev–Trinajstić information content (AvgIpc) is 3.02. The fourth-order valence-corrected chi connectivity index (χ4v) is 3.50. The summed E-state index contributed by atoms with van der Waals surface area (Å²) in [7, 11) is -1.94. The van der Waals surface area contributed by atoms with Crippen molar-refractivity contribution in [1.29, 1.82) is 5.41 Å². The molecule has 2 rings (SSSR count). The van der Waals surface area contributed by atoms with Crippen molar-refractivity contribution >= 4 is 28.1 Å². The minimum Gasteiger partial charge on any atom is -0.304 e. The lowest BCUT2D eigenvalue weighted by atomic mass is 10.3.